The minimum absolute atomic E-state index is 0.169. The molecule has 9 heteroatoms. The van der Waals surface area contributed by atoms with Crippen molar-refractivity contribution in [3.8, 4) is 0 Å². The Hall–Kier alpha value is -0.950. The van der Waals surface area contributed by atoms with Crippen LogP contribution in [-0.4, -0.2) is 40.1 Å². The number of rotatable bonds is 7. The highest BCUT2D eigenvalue weighted by atomic mass is 31.2. The predicted octanol–water partition coefficient (Wildman–Crippen LogP) is -0.457. The molecule has 0 aliphatic carbocycles. The summed E-state index contributed by atoms with van der Waals surface area (Å²) >= 11 is 0. The largest absolute Gasteiger partial charge is 0.463 e. The number of esters is 1. The number of hydrogen-bond donors (Lipinski definition) is 4. The van der Waals surface area contributed by atoms with Gasteiger partial charge in [-0.25, -0.2) is 0 Å². The summed E-state index contributed by atoms with van der Waals surface area (Å²) in [6.45, 7) is 4.24. The Bertz CT molecular complexity index is 367. The van der Waals surface area contributed by atoms with E-state index in [9.17, 15) is 14.2 Å². The Morgan fingerprint density at radius 2 is 1.89 bits per heavy atom. The molecule has 0 bridgehead atoms. The standard InChI is InChI=1S/C10H21N2O6P/c1-6(2)4-8(11)10(14)12-9(19(15,16)17)5-18-7(3)13/h6,8-9H,4-5,11H2,1-3H3,(H,12,14)(H2,15,16,17). The number of hydrogen-bond acceptors (Lipinski definition) is 5. The summed E-state index contributed by atoms with van der Waals surface area (Å²) in [6, 6.07) is -0.869. The SMILES string of the molecule is CC(=O)OCC(NC(=O)C(N)CC(C)C)P(=O)(O)O. The van der Waals surface area contributed by atoms with Gasteiger partial charge in [-0.05, 0) is 12.3 Å². The average molecular weight is 296 g/mol. The van der Waals surface area contributed by atoms with E-state index in [-0.39, 0.29) is 5.92 Å². The Morgan fingerprint density at radius 1 is 1.37 bits per heavy atom. The van der Waals surface area contributed by atoms with Crippen molar-refractivity contribution in [2.75, 3.05) is 6.61 Å². The molecule has 0 aromatic heterocycles. The van der Waals surface area contributed by atoms with Crippen LogP contribution in [0.1, 0.15) is 27.2 Å². The first-order valence-corrected chi connectivity index (χ1v) is 7.46. The number of ether oxygens (including phenoxy) is 1. The van der Waals surface area contributed by atoms with Crippen LogP contribution in [0.5, 0.6) is 0 Å². The quantitative estimate of drug-likeness (QED) is 0.368. The first-order valence-electron chi connectivity index (χ1n) is 5.78. The van der Waals surface area contributed by atoms with Gasteiger partial charge in [0.05, 0.1) is 6.04 Å². The van der Waals surface area contributed by atoms with Crippen LogP contribution in [0.3, 0.4) is 0 Å². The van der Waals surface area contributed by atoms with E-state index in [2.05, 4.69) is 10.1 Å². The minimum atomic E-state index is -4.62. The van der Waals surface area contributed by atoms with Crippen LogP contribution in [0, 0.1) is 5.92 Å². The number of nitrogens with one attached hydrogen (secondary N) is 1. The van der Waals surface area contributed by atoms with E-state index in [1.807, 2.05) is 13.8 Å². The molecule has 0 aromatic rings. The molecule has 5 N–H and O–H groups in total. The summed E-state index contributed by atoms with van der Waals surface area (Å²) in [5.74, 6) is -2.79. The molecule has 0 spiro atoms. The number of amides is 1. The van der Waals surface area contributed by atoms with Crippen LogP contribution in [0.15, 0.2) is 0 Å². The summed E-state index contributed by atoms with van der Waals surface area (Å²) in [5, 5.41) is 2.11. The molecule has 0 heterocycles. The molecule has 1 amide bonds. The highest BCUT2D eigenvalue weighted by Crippen LogP contribution is 2.39. The highest BCUT2D eigenvalue weighted by Gasteiger charge is 2.32. The third-order valence-corrected chi connectivity index (χ3v) is 3.31. The van der Waals surface area contributed by atoms with E-state index in [4.69, 9.17) is 15.5 Å². The maximum absolute atomic E-state index is 11.7. The second-order valence-corrected chi connectivity index (χ2v) is 6.45. The lowest BCUT2D eigenvalue weighted by Crippen LogP contribution is -2.47. The normalized spacial score (nSPS) is 14.9. The zero-order valence-corrected chi connectivity index (χ0v) is 12.1. The van der Waals surface area contributed by atoms with E-state index < -0.39 is 37.9 Å². The van der Waals surface area contributed by atoms with E-state index in [1.165, 1.54) is 0 Å². The van der Waals surface area contributed by atoms with Gasteiger partial charge in [0.2, 0.25) is 5.91 Å². The third-order valence-electron chi connectivity index (χ3n) is 2.22. The number of carbonyl (C=O) groups is 2. The van der Waals surface area contributed by atoms with Crippen LogP contribution >= 0.6 is 7.60 Å². The molecule has 19 heavy (non-hydrogen) atoms. The first-order chi connectivity index (χ1) is 8.54. The van der Waals surface area contributed by atoms with Gasteiger partial charge >= 0.3 is 13.6 Å². The molecule has 0 saturated heterocycles. The fourth-order valence-electron chi connectivity index (χ4n) is 1.31. The maximum Gasteiger partial charge on any atom is 0.351 e. The van der Waals surface area contributed by atoms with Gasteiger partial charge in [0, 0.05) is 6.92 Å². The summed E-state index contributed by atoms with van der Waals surface area (Å²) < 4.78 is 15.7. The van der Waals surface area contributed by atoms with Crippen molar-refractivity contribution in [1.29, 1.82) is 0 Å². The monoisotopic (exact) mass is 296 g/mol. The topological polar surface area (TPSA) is 139 Å². The molecule has 0 aromatic carbocycles. The maximum atomic E-state index is 11.7. The molecule has 0 fully saturated rings. The Labute approximate surface area is 111 Å². The predicted molar refractivity (Wildman–Crippen MR) is 68.0 cm³/mol. The van der Waals surface area contributed by atoms with Crippen molar-refractivity contribution in [1.82, 2.24) is 5.32 Å². The Balaban J connectivity index is 4.60. The first kappa shape index (κ1) is 18.0. The van der Waals surface area contributed by atoms with E-state index in [1.54, 1.807) is 0 Å². The lowest BCUT2D eigenvalue weighted by Gasteiger charge is -2.22. The number of carbonyl (C=O) groups excluding carboxylic acids is 2. The Morgan fingerprint density at radius 3 is 2.26 bits per heavy atom. The molecule has 112 valence electrons. The second-order valence-electron chi connectivity index (χ2n) is 4.65. The van der Waals surface area contributed by atoms with Crippen molar-refractivity contribution >= 4 is 19.5 Å². The van der Waals surface area contributed by atoms with Gasteiger partial charge < -0.3 is 25.6 Å². The van der Waals surface area contributed by atoms with E-state index in [0.29, 0.717) is 6.42 Å². The minimum Gasteiger partial charge on any atom is -0.463 e. The van der Waals surface area contributed by atoms with Gasteiger partial charge in [0.25, 0.3) is 0 Å². The van der Waals surface area contributed by atoms with Crippen molar-refractivity contribution in [3.05, 3.63) is 0 Å². The smallest absolute Gasteiger partial charge is 0.351 e. The second kappa shape index (κ2) is 7.59. The molecule has 2 atom stereocenters. The van der Waals surface area contributed by atoms with Gasteiger partial charge in [-0.1, -0.05) is 13.8 Å². The Kier molecular flexibility index (Phi) is 7.21. The van der Waals surface area contributed by atoms with Gasteiger partial charge in [0.1, 0.15) is 6.61 Å². The zero-order valence-electron chi connectivity index (χ0n) is 11.2. The van der Waals surface area contributed by atoms with Crippen molar-refractivity contribution in [2.24, 2.45) is 11.7 Å². The summed E-state index contributed by atoms with van der Waals surface area (Å²) in [6.07, 6.45) is 0.382. The molecule has 0 saturated carbocycles. The van der Waals surface area contributed by atoms with Gasteiger partial charge in [-0.3, -0.25) is 14.2 Å². The van der Waals surface area contributed by atoms with E-state index >= 15 is 0 Å². The van der Waals surface area contributed by atoms with Crippen LogP contribution in [0.2, 0.25) is 0 Å². The van der Waals surface area contributed by atoms with Crippen LogP contribution in [-0.2, 0) is 18.9 Å². The summed E-state index contributed by atoms with van der Waals surface area (Å²) in [4.78, 5) is 40.4. The lowest BCUT2D eigenvalue weighted by atomic mass is 10.0. The van der Waals surface area contributed by atoms with E-state index in [0.717, 1.165) is 6.92 Å². The summed E-state index contributed by atoms with van der Waals surface area (Å²) in [5.41, 5.74) is 5.59. The van der Waals surface area contributed by atoms with Crippen molar-refractivity contribution < 1.29 is 28.7 Å². The van der Waals surface area contributed by atoms with Crippen molar-refractivity contribution in [3.63, 3.8) is 0 Å². The zero-order chi connectivity index (χ0) is 15.2. The molecule has 0 aliphatic rings. The van der Waals surface area contributed by atoms with Gasteiger partial charge in [-0.15, -0.1) is 0 Å². The molecular formula is C10H21N2O6P. The lowest BCUT2D eigenvalue weighted by molar-refractivity contribution is -0.141. The fourth-order valence-corrected chi connectivity index (χ4v) is 1.87. The molecule has 8 nitrogen and oxygen atoms in total. The molecule has 0 radical (unpaired) electrons. The molecular weight excluding hydrogens is 275 g/mol. The van der Waals surface area contributed by atoms with Gasteiger partial charge in [-0.2, -0.15) is 0 Å². The highest BCUT2D eigenvalue weighted by molar-refractivity contribution is 7.52. The van der Waals surface area contributed by atoms with Crippen LogP contribution in [0.4, 0.5) is 0 Å². The summed E-state index contributed by atoms with van der Waals surface area (Å²) in [7, 11) is -4.62. The molecule has 0 rings (SSSR count). The third kappa shape index (κ3) is 7.94. The fraction of sp³-hybridized carbons (Fsp3) is 0.800. The number of nitrogens with two attached hydrogens (primary N) is 1. The average Bonchev–Trinajstić information content (AvgIpc) is 2.20. The molecule has 2 unspecified atom stereocenters. The molecule has 0 aliphatic heterocycles. The van der Waals surface area contributed by atoms with Crippen LogP contribution < -0.4 is 11.1 Å². The van der Waals surface area contributed by atoms with Crippen molar-refractivity contribution in [2.45, 2.75) is 39.0 Å². The van der Waals surface area contributed by atoms with Gasteiger partial charge in [0.15, 0.2) is 5.78 Å². The van der Waals surface area contributed by atoms with Crippen LogP contribution in [0.25, 0.3) is 0 Å².